The van der Waals surface area contributed by atoms with Gasteiger partial charge in [0.15, 0.2) is 0 Å². The fourth-order valence-corrected chi connectivity index (χ4v) is 6.74. The summed E-state index contributed by atoms with van der Waals surface area (Å²) in [6.45, 7) is 0.394. The number of aliphatic hydroxyl groups is 4. The summed E-state index contributed by atoms with van der Waals surface area (Å²) < 4.78 is 1.14. The van der Waals surface area contributed by atoms with E-state index < -0.39 is 37.2 Å². The number of halogens is 3. The molecule has 1 rings (SSSR count). The Bertz CT molecular complexity index is 770. The van der Waals surface area contributed by atoms with Crippen molar-refractivity contribution < 1.29 is 34.8 Å². The minimum atomic E-state index is -1.14. The van der Waals surface area contributed by atoms with Crippen molar-refractivity contribution in [1.29, 1.82) is 0 Å². The second kappa shape index (κ2) is 14.0. The van der Waals surface area contributed by atoms with Crippen LogP contribution < -0.4 is 16.0 Å². The number of nitrogens with one attached hydrogen (secondary N) is 3. The van der Waals surface area contributed by atoms with Gasteiger partial charge in [0, 0.05) is 23.1 Å². The number of anilines is 1. The Morgan fingerprint density at radius 1 is 0.839 bits per heavy atom. The van der Waals surface area contributed by atoms with Crippen LogP contribution in [0, 0.1) is 10.7 Å². The van der Waals surface area contributed by atoms with E-state index in [9.17, 15) is 24.6 Å². The Morgan fingerprint density at radius 3 is 1.61 bits per heavy atom. The average molecular weight is 775 g/mol. The molecule has 1 aromatic carbocycles. The molecule has 7 N–H and O–H groups in total. The molecule has 0 radical (unpaired) electrons. The molecule has 0 spiro atoms. The van der Waals surface area contributed by atoms with Crippen LogP contribution in [0.3, 0.4) is 0 Å². The molecule has 0 saturated heterocycles. The molecule has 0 heterocycles. The van der Waals surface area contributed by atoms with Crippen molar-refractivity contribution in [3.05, 3.63) is 21.8 Å². The van der Waals surface area contributed by atoms with Crippen LogP contribution in [0.2, 0.25) is 0 Å². The molecule has 3 amide bonds. The van der Waals surface area contributed by atoms with Crippen LogP contribution in [0.4, 0.5) is 5.69 Å². The molecule has 0 aliphatic carbocycles. The van der Waals surface area contributed by atoms with Crippen molar-refractivity contribution in [2.24, 2.45) is 0 Å². The maximum atomic E-state index is 12.8. The first kappa shape index (κ1) is 28.7. The number of aliphatic hydroxyl groups excluding tert-OH is 4. The molecule has 2 unspecified atom stereocenters. The summed E-state index contributed by atoms with van der Waals surface area (Å²) in [5.41, 5.74) is 0.568. The van der Waals surface area contributed by atoms with E-state index in [4.69, 9.17) is 10.2 Å². The lowest BCUT2D eigenvalue weighted by atomic mass is 10.1. The van der Waals surface area contributed by atoms with Crippen molar-refractivity contribution in [2.75, 3.05) is 31.6 Å². The van der Waals surface area contributed by atoms with Crippen LogP contribution >= 0.6 is 67.8 Å². The molecule has 10 nitrogen and oxygen atoms in total. The molecule has 31 heavy (non-hydrogen) atoms. The number of rotatable bonds is 11. The Morgan fingerprint density at radius 2 is 1.26 bits per heavy atom. The summed E-state index contributed by atoms with van der Waals surface area (Å²) >= 11 is 5.68. The molecular weight excluding hydrogens is 751 g/mol. The van der Waals surface area contributed by atoms with Crippen molar-refractivity contribution in [1.82, 2.24) is 10.6 Å². The van der Waals surface area contributed by atoms with Gasteiger partial charge in [-0.2, -0.15) is 0 Å². The van der Waals surface area contributed by atoms with Gasteiger partial charge in [0.25, 0.3) is 11.8 Å². The summed E-state index contributed by atoms with van der Waals surface area (Å²) in [5.74, 6) is -1.45. The molecule has 0 saturated carbocycles. The minimum absolute atomic E-state index is 0.131. The van der Waals surface area contributed by atoms with Gasteiger partial charge in [-0.3, -0.25) is 14.4 Å². The molecule has 0 aliphatic rings. The average Bonchev–Trinajstić information content (AvgIpc) is 2.73. The molecule has 0 aromatic heterocycles. The van der Waals surface area contributed by atoms with Gasteiger partial charge < -0.3 is 36.4 Å². The van der Waals surface area contributed by atoms with Crippen molar-refractivity contribution in [3.8, 4) is 0 Å². The van der Waals surface area contributed by atoms with Crippen LogP contribution in [-0.4, -0.2) is 76.7 Å². The zero-order valence-corrected chi connectivity index (χ0v) is 23.0. The number of carbonyl (C=O) groups is 3. The molecular formula is C18H24I3N3O7. The Kier molecular flexibility index (Phi) is 13.0. The smallest absolute Gasteiger partial charge is 0.253 e. The highest BCUT2D eigenvalue weighted by Crippen LogP contribution is 2.36. The first-order valence-electron chi connectivity index (χ1n) is 9.23. The highest BCUT2D eigenvalue weighted by atomic mass is 127. The standard InChI is InChI=1S/C18H24I3N3O7/c1-2-3-10(29)24-16-14(20)11(17(30)22-4-8(27)6-25)13(19)12(15(16)21)18(31)23-5-9(28)7-26/h8-9,25-28H,2-7H2,1H3,(H,22,30)(H,23,31)(H,24,29). The summed E-state index contributed by atoms with van der Waals surface area (Å²) in [5, 5.41) is 44.7. The number of hydrogen-bond donors (Lipinski definition) is 7. The van der Waals surface area contributed by atoms with Gasteiger partial charge in [-0.1, -0.05) is 6.92 Å². The van der Waals surface area contributed by atoms with Crippen molar-refractivity contribution in [3.63, 3.8) is 0 Å². The monoisotopic (exact) mass is 775 g/mol. The van der Waals surface area contributed by atoms with Crippen LogP contribution in [0.5, 0.6) is 0 Å². The van der Waals surface area contributed by atoms with E-state index in [1.54, 1.807) is 0 Å². The molecule has 0 aliphatic heterocycles. The largest absolute Gasteiger partial charge is 0.394 e. The van der Waals surface area contributed by atoms with E-state index in [2.05, 4.69) is 16.0 Å². The van der Waals surface area contributed by atoms with Gasteiger partial charge in [-0.15, -0.1) is 0 Å². The van der Waals surface area contributed by atoms with Crippen molar-refractivity contribution >= 4 is 91.2 Å². The number of amides is 3. The van der Waals surface area contributed by atoms with E-state index >= 15 is 0 Å². The highest BCUT2D eigenvalue weighted by molar-refractivity contribution is 14.1. The summed E-state index contributed by atoms with van der Waals surface area (Å²) in [6.07, 6.45) is -1.42. The first-order chi connectivity index (χ1) is 14.6. The lowest BCUT2D eigenvalue weighted by Crippen LogP contribution is -2.37. The second-order valence-electron chi connectivity index (χ2n) is 6.46. The van der Waals surface area contributed by atoms with Crippen LogP contribution in [0.15, 0.2) is 0 Å². The van der Waals surface area contributed by atoms with Gasteiger partial charge >= 0.3 is 0 Å². The maximum absolute atomic E-state index is 12.8. The van der Waals surface area contributed by atoms with E-state index in [1.807, 2.05) is 74.7 Å². The molecule has 174 valence electrons. The van der Waals surface area contributed by atoms with Crippen LogP contribution in [0.1, 0.15) is 40.5 Å². The Hall–Kier alpha value is -0.340. The molecule has 13 heteroatoms. The minimum Gasteiger partial charge on any atom is -0.394 e. The summed E-state index contributed by atoms with van der Waals surface area (Å²) in [4.78, 5) is 37.9. The van der Waals surface area contributed by atoms with Gasteiger partial charge in [-0.25, -0.2) is 0 Å². The van der Waals surface area contributed by atoms with Crippen LogP contribution in [-0.2, 0) is 4.79 Å². The number of hydrogen-bond acceptors (Lipinski definition) is 7. The lowest BCUT2D eigenvalue weighted by molar-refractivity contribution is -0.116. The molecule has 0 fully saturated rings. The Balaban J connectivity index is 3.48. The predicted octanol–water partition coefficient (Wildman–Crippen LogP) is 0.405. The third-order valence-corrected chi connectivity index (χ3v) is 7.17. The van der Waals surface area contributed by atoms with Gasteiger partial charge in [0.05, 0.1) is 49.4 Å². The molecule has 1 aromatic rings. The first-order valence-corrected chi connectivity index (χ1v) is 12.5. The summed E-state index contributed by atoms with van der Waals surface area (Å²) in [7, 11) is 0. The van der Waals surface area contributed by atoms with Crippen molar-refractivity contribution in [2.45, 2.75) is 32.0 Å². The molecule has 0 bridgehead atoms. The van der Waals surface area contributed by atoms with E-state index in [0.717, 1.165) is 0 Å². The lowest BCUT2D eigenvalue weighted by Gasteiger charge is -2.20. The van der Waals surface area contributed by atoms with E-state index in [0.29, 0.717) is 22.8 Å². The number of carbonyl (C=O) groups excluding carboxylic acids is 3. The maximum Gasteiger partial charge on any atom is 0.253 e. The van der Waals surface area contributed by atoms with Gasteiger partial charge in [0.1, 0.15) is 0 Å². The third kappa shape index (κ3) is 8.18. The second-order valence-corrected chi connectivity index (χ2v) is 9.69. The fourth-order valence-electron chi connectivity index (χ4n) is 2.33. The zero-order valence-electron chi connectivity index (χ0n) is 16.5. The van der Waals surface area contributed by atoms with E-state index in [-0.39, 0.29) is 36.5 Å². The molecule has 2 atom stereocenters. The Labute approximate surface area is 220 Å². The van der Waals surface area contributed by atoms with Gasteiger partial charge in [-0.05, 0) is 74.2 Å². The SMILES string of the molecule is CCCC(=O)Nc1c(I)c(C(=O)NCC(O)CO)c(I)c(C(=O)NCC(O)CO)c1I. The van der Waals surface area contributed by atoms with Gasteiger partial charge in [0.2, 0.25) is 5.91 Å². The highest BCUT2D eigenvalue weighted by Gasteiger charge is 2.28. The quantitative estimate of drug-likeness (QED) is 0.160. The van der Waals surface area contributed by atoms with E-state index in [1.165, 1.54) is 0 Å². The van der Waals surface area contributed by atoms with Crippen LogP contribution in [0.25, 0.3) is 0 Å². The third-order valence-electron chi connectivity index (χ3n) is 3.93. The summed E-state index contributed by atoms with van der Waals surface area (Å²) in [6, 6.07) is 0. The normalized spacial score (nSPS) is 12.8. The topological polar surface area (TPSA) is 168 Å². The number of benzene rings is 1. The fraction of sp³-hybridized carbons (Fsp3) is 0.500. The zero-order chi connectivity index (χ0) is 23.7. The predicted molar refractivity (Wildman–Crippen MR) is 139 cm³/mol.